The van der Waals surface area contributed by atoms with E-state index in [9.17, 15) is 9.59 Å². The van der Waals surface area contributed by atoms with Crippen LogP contribution in [0.4, 0.5) is 11.4 Å². The maximum atomic E-state index is 12.0. The summed E-state index contributed by atoms with van der Waals surface area (Å²) < 4.78 is 21.0. The topological polar surface area (TPSA) is 83.1 Å². The smallest absolute Gasteiger partial charge is 0.339 e. The summed E-state index contributed by atoms with van der Waals surface area (Å²) in [4.78, 5) is 23.4. The molecule has 0 aromatic heterocycles. The Morgan fingerprint density at radius 2 is 1.32 bits per heavy atom. The third-order valence-electron chi connectivity index (χ3n) is 5.74. The summed E-state index contributed by atoms with van der Waals surface area (Å²) in [6.45, 7) is 0.739. The predicted molar refractivity (Wildman–Crippen MR) is 164 cm³/mol. The molecule has 0 aliphatic carbocycles. The molecule has 0 atom stereocenters. The first-order valence-electron chi connectivity index (χ1n) is 12.6. The third-order valence-corrected chi connectivity index (χ3v) is 6.86. The molecule has 3 aromatic rings. The van der Waals surface area contributed by atoms with Crippen molar-refractivity contribution in [3.63, 3.8) is 0 Å². The molecule has 0 aliphatic rings. The SMILES string of the molecule is COC(=O)CCc1cc(Cl)c(OCC/C=C/CCOc2c(Cl)cc(Nc3ccccc3C(=O)OC)cc2Cl)c(Cl)c1. The monoisotopic (exact) mass is 639 g/mol. The molecule has 3 aromatic carbocycles. The first kappa shape index (κ1) is 32.4. The van der Waals surface area contributed by atoms with Crippen LogP contribution in [0.5, 0.6) is 11.5 Å². The number of benzene rings is 3. The summed E-state index contributed by atoms with van der Waals surface area (Å²) in [7, 11) is 2.67. The number of nitrogens with one attached hydrogen (secondary N) is 1. The van der Waals surface area contributed by atoms with Crippen molar-refractivity contribution in [2.24, 2.45) is 0 Å². The zero-order valence-electron chi connectivity index (χ0n) is 22.5. The van der Waals surface area contributed by atoms with Crippen molar-refractivity contribution in [1.29, 1.82) is 0 Å². The number of methoxy groups -OCH3 is 2. The number of hydrogen-bond acceptors (Lipinski definition) is 7. The van der Waals surface area contributed by atoms with Gasteiger partial charge in [0.15, 0.2) is 11.5 Å². The Bertz CT molecular complexity index is 1350. The van der Waals surface area contributed by atoms with Crippen LogP contribution >= 0.6 is 46.4 Å². The van der Waals surface area contributed by atoms with Crippen molar-refractivity contribution >= 4 is 69.7 Å². The first-order valence-corrected chi connectivity index (χ1v) is 14.1. The van der Waals surface area contributed by atoms with Crippen LogP contribution in [-0.4, -0.2) is 39.4 Å². The number of hydrogen-bond donors (Lipinski definition) is 1. The Labute approximate surface area is 259 Å². The van der Waals surface area contributed by atoms with Gasteiger partial charge in [-0.2, -0.15) is 0 Å². The van der Waals surface area contributed by atoms with E-state index in [4.69, 9.17) is 60.6 Å². The molecule has 0 radical (unpaired) electrons. The molecule has 218 valence electrons. The fourth-order valence-corrected chi connectivity index (χ4v) is 4.98. The van der Waals surface area contributed by atoms with Gasteiger partial charge in [0.25, 0.3) is 0 Å². The van der Waals surface area contributed by atoms with Crippen molar-refractivity contribution in [2.75, 3.05) is 32.8 Å². The Kier molecular flexibility index (Phi) is 12.9. The summed E-state index contributed by atoms with van der Waals surface area (Å²) in [6, 6.07) is 13.8. The van der Waals surface area contributed by atoms with Crippen molar-refractivity contribution in [3.8, 4) is 11.5 Å². The van der Waals surface area contributed by atoms with Gasteiger partial charge in [0.05, 0.1) is 58.8 Å². The molecule has 0 saturated carbocycles. The second-order valence-electron chi connectivity index (χ2n) is 8.64. The van der Waals surface area contributed by atoms with Crippen LogP contribution in [0.1, 0.15) is 35.2 Å². The van der Waals surface area contributed by atoms with Crippen molar-refractivity contribution < 1.29 is 28.5 Å². The molecule has 0 amide bonds. The molecule has 3 rings (SSSR count). The molecule has 0 saturated heterocycles. The summed E-state index contributed by atoms with van der Waals surface area (Å²) in [5, 5.41) is 4.58. The van der Waals surface area contributed by atoms with Crippen LogP contribution in [0, 0.1) is 0 Å². The highest BCUT2D eigenvalue weighted by atomic mass is 35.5. The lowest BCUT2D eigenvalue weighted by atomic mass is 10.1. The maximum absolute atomic E-state index is 12.0. The van der Waals surface area contributed by atoms with Crippen molar-refractivity contribution in [3.05, 3.63) is 91.9 Å². The van der Waals surface area contributed by atoms with E-state index in [0.29, 0.717) is 81.0 Å². The number of esters is 2. The van der Waals surface area contributed by atoms with Crippen molar-refractivity contribution in [2.45, 2.75) is 25.7 Å². The Morgan fingerprint density at radius 3 is 1.85 bits per heavy atom. The molecule has 0 spiro atoms. The lowest BCUT2D eigenvalue weighted by Gasteiger charge is -2.14. The van der Waals surface area contributed by atoms with Crippen LogP contribution in [0.15, 0.2) is 60.7 Å². The average Bonchev–Trinajstić information content (AvgIpc) is 2.95. The van der Waals surface area contributed by atoms with Gasteiger partial charge in [-0.15, -0.1) is 0 Å². The van der Waals surface area contributed by atoms with Gasteiger partial charge < -0.3 is 24.3 Å². The number of para-hydroxylation sites is 1. The highest BCUT2D eigenvalue weighted by molar-refractivity contribution is 6.38. The minimum absolute atomic E-state index is 0.242. The lowest BCUT2D eigenvalue weighted by Crippen LogP contribution is -2.05. The first-order chi connectivity index (χ1) is 19.7. The minimum Gasteiger partial charge on any atom is -0.490 e. The fourth-order valence-electron chi connectivity index (χ4n) is 3.74. The Balaban J connectivity index is 1.45. The normalized spacial score (nSPS) is 10.9. The number of carbonyl (C=O) groups excluding carboxylic acids is 2. The van der Waals surface area contributed by atoms with Crippen LogP contribution in [-0.2, 0) is 20.7 Å². The highest BCUT2D eigenvalue weighted by Gasteiger charge is 2.14. The van der Waals surface area contributed by atoms with E-state index >= 15 is 0 Å². The zero-order valence-corrected chi connectivity index (χ0v) is 25.5. The summed E-state index contributed by atoms with van der Waals surface area (Å²) in [5.41, 5.74) is 2.37. The number of aryl methyl sites for hydroxylation is 1. The largest absolute Gasteiger partial charge is 0.490 e. The van der Waals surface area contributed by atoms with Crippen LogP contribution in [0.3, 0.4) is 0 Å². The van der Waals surface area contributed by atoms with Gasteiger partial charge in [-0.3, -0.25) is 4.79 Å². The minimum atomic E-state index is -0.458. The molecular formula is C30H29Cl4NO6. The fraction of sp³-hybridized carbons (Fsp3) is 0.267. The third kappa shape index (κ3) is 9.75. The van der Waals surface area contributed by atoms with E-state index in [-0.39, 0.29) is 12.4 Å². The second kappa shape index (κ2) is 16.4. The maximum Gasteiger partial charge on any atom is 0.339 e. The number of rotatable bonds is 14. The van der Waals surface area contributed by atoms with Gasteiger partial charge in [0.2, 0.25) is 0 Å². The van der Waals surface area contributed by atoms with Gasteiger partial charge >= 0.3 is 11.9 Å². The summed E-state index contributed by atoms with van der Waals surface area (Å²) in [5.74, 6) is 0.0194. The van der Waals surface area contributed by atoms with E-state index in [1.807, 2.05) is 12.2 Å². The summed E-state index contributed by atoms with van der Waals surface area (Å²) >= 11 is 25.5. The van der Waals surface area contributed by atoms with Gasteiger partial charge in [0.1, 0.15) is 0 Å². The van der Waals surface area contributed by atoms with Crippen molar-refractivity contribution in [1.82, 2.24) is 0 Å². The quantitative estimate of drug-likeness (QED) is 0.107. The van der Waals surface area contributed by atoms with E-state index < -0.39 is 5.97 Å². The standard InChI is InChI=1S/C30H29Cl4NO6/c1-38-27(36)12-11-19-15-22(31)28(23(32)16-19)40-13-7-3-4-8-14-41-29-24(33)17-20(18-25(29)34)35-26-10-6-5-9-21(26)30(37)39-2/h3-6,9-10,15-18,35H,7-8,11-14H2,1-2H3/b4-3+. The Hall–Kier alpha value is -3.10. The molecule has 11 heteroatoms. The lowest BCUT2D eigenvalue weighted by molar-refractivity contribution is -0.140. The molecule has 41 heavy (non-hydrogen) atoms. The van der Waals surface area contributed by atoms with E-state index in [1.165, 1.54) is 14.2 Å². The molecular weight excluding hydrogens is 612 g/mol. The van der Waals surface area contributed by atoms with E-state index in [0.717, 1.165) is 5.56 Å². The summed E-state index contributed by atoms with van der Waals surface area (Å²) in [6.07, 6.45) is 5.89. The number of carbonyl (C=O) groups is 2. The number of halogens is 4. The van der Waals surface area contributed by atoms with Crippen LogP contribution in [0.25, 0.3) is 0 Å². The van der Waals surface area contributed by atoms with Gasteiger partial charge in [-0.05, 0) is 61.2 Å². The van der Waals surface area contributed by atoms with E-state index in [2.05, 4.69) is 10.1 Å². The number of ether oxygens (including phenoxy) is 4. The molecule has 7 nitrogen and oxygen atoms in total. The zero-order chi connectivity index (χ0) is 29.8. The van der Waals surface area contributed by atoms with Gasteiger partial charge in [-0.1, -0.05) is 70.7 Å². The predicted octanol–water partition coefficient (Wildman–Crippen LogP) is 8.73. The second-order valence-corrected chi connectivity index (χ2v) is 10.3. The van der Waals surface area contributed by atoms with E-state index in [1.54, 1.807) is 48.5 Å². The van der Waals surface area contributed by atoms with Gasteiger partial charge in [-0.25, -0.2) is 4.79 Å². The molecule has 0 fully saturated rings. The molecule has 0 heterocycles. The highest BCUT2D eigenvalue weighted by Crippen LogP contribution is 2.38. The molecule has 0 aliphatic heterocycles. The number of anilines is 2. The molecule has 0 unspecified atom stereocenters. The van der Waals surface area contributed by atoms with Crippen LogP contribution < -0.4 is 14.8 Å². The van der Waals surface area contributed by atoms with Crippen LogP contribution in [0.2, 0.25) is 20.1 Å². The molecule has 0 bridgehead atoms. The Morgan fingerprint density at radius 1 is 0.780 bits per heavy atom. The molecule has 1 N–H and O–H groups in total. The van der Waals surface area contributed by atoms with Gasteiger partial charge in [0, 0.05) is 12.1 Å². The average molecular weight is 641 g/mol.